The number of nitrogens with zero attached hydrogens (tertiary/aromatic N) is 1. The third kappa shape index (κ3) is 5.82. The first kappa shape index (κ1) is 19.9. The van der Waals surface area contributed by atoms with Crippen molar-refractivity contribution in [2.75, 3.05) is 32.4 Å². The molecule has 0 radical (unpaired) electrons. The van der Waals surface area contributed by atoms with Gasteiger partial charge in [-0.1, -0.05) is 23.2 Å². The molecule has 1 N–H and O–H groups in total. The minimum Gasteiger partial charge on any atom is -0.342 e. The van der Waals surface area contributed by atoms with Gasteiger partial charge in [-0.15, -0.1) is 24.2 Å². The van der Waals surface area contributed by atoms with E-state index in [-0.39, 0.29) is 18.3 Å². The Morgan fingerprint density at radius 3 is 2.68 bits per heavy atom. The summed E-state index contributed by atoms with van der Waals surface area (Å²) in [6.07, 6.45) is 2.16. The highest BCUT2D eigenvalue weighted by Crippen LogP contribution is 2.30. The number of halogens is 3. The van der Waals surface area contributed by atoms with Crippen LogP contribution < -0.4 is 5.32 Å². The van der Waals surface area contributed by atoms with Gasteiger partial charge in [-0.3, -0.25) is 4.79 Å². The fraction of sp³-hybridized carbons (Fsp3) is 0.533. The minimum atomic E-state index is 0. The van der Waals surface area contributed by atoms with Crippen LogP contribution in [-0.2, 0) is 4.79 Å². The minimum absolute atomic E-state index is 0. The highest BCUT2D eigenvalue weighted by molar-refractivity contribution is 8.00. The fourth-order valence-electron chi connectivity index (χ4n) is 2.49. The van der Waals surface area contributed by atoms with Crippen molar-refractivity contribution >= 4 is 53.3 Å². The number of rotatable bonds is 5. The molecule has 1 fully saturated rings. The number of carbonyl (C=O) groups excluding carboxylic acids is 1. The van der Waals surface area contributed by atoms with Crippen LogP contribution in [0.5, 0.6) is 0 Å². The highest BCUT2D eigenvalue weighted by atomic mass is 35.5. The second-order valence-electron chi connectivity index (χ2n) is 5.25. The molecule has 0 saturated carbocycles. The van der Waals surface area contributed by atoms with E-state index in [1.807, 2.05) is 11.9 Å². The second-order valence-corrected chi connectivity index (χ2v) is 7.11. The molecule has 22 heavy (non-hydrogen) atoms. The average molecular weight is 384 g/mol. The first-order valence-corrected chi connectivity index (χ1v) is 8.84. The van der Waals surface area contributed by atoms with E-state index in [9.17, 15) is 4.79 Å². The van der Waals surface area contributed by atoms with Crippen LogP contribution in [0, 0.1) is 5.92 Å². The van der Waals surface area contributed by atoms with Gasteiger partial charge in [0.15, 0.2) is 0 Å². The van der Waals surface area contributed by atoms with Gasteiger partial charge in [0, 0.05) is 23.0 Å². The monoisotopic (exact) mass is 382 g/mol. The molecule has 0 atom stereocenters. The largest absolute Gasteiger partial charge is 0.342 e. The highest BCUT2D eigenvalue weighted by Gasteiger charge is 2.22. The number of hydrogen-bond donors (Lipinski definition) is 1. The molecule has 0 unspecified atom stereocenters. The van der Waals surface area contributed by atoms with E-state index in [0.717, 1.165) is 37.4 Å². The molecule has 1 saturated heterocycles. The van der Waals surface area contributed by atoms with Crippen LogP contribution in [0.4, 0.5) is 0 Å². The fourth-order valence-corrected chi connectivity index (χ4v) is 3.89. The van der Waals surface area contributed by atoms with Gasteiger partial charge in [-0.2, -0.15) is 0 Å². The Morgan fingerprint density at radius 1 is 1.36 bits per heavy atom. The average Bonchev–Trinajstić information content (AvgIpc) is 2.49. The number of likely N-dealkylation sites (tertiary alicyclic amines) is 1. The predicted molar refractivity (Wildman–Crippen MR) is 97.7 cm³/mol. The molecule has 124 valence electrons. The maximum atomic E-state index is 12.2. The Hall–Kier alpha value is -0.130. The zero-order chi connectivity index (χ0) is 15.2. The lowest BCUT2D eigenvalue weighted by Crippen LogP contribution is -2.41. The van der Waals surface area contributed by atoms with Crippen molar-refractivity contribution in [3.05, 3.63) is 28.2 Å². The summed E-state index contributed by atoms with van der Waals surface area (Å²) in [5.74, 6) is 1.28. The normalized spacial score (nSPS) is 15.5. The molecule has 1 aliphatic rings. The first-order chi connectivity index (χ1) is 10.1. The van der Waals surface area contributed by atoms with Crippen LogP contribution in [0.3, 0.4) is 0 Å². The van der Waals surface area contributed by atoms with Gasteiger partial charge in [0.2, 0.25) is 5.91 Å². The lowest BCUT2D eigenvalue weighted by molar-refractivity contribution is -0.129. The Balaban J connectivity index is 0.00000242. The molecule has 0 bridgehead atoms. The second kappa shape index (κ2) is 9.89. The van der Waals surface area contributed by atoms with E-state index in [1.54, 1.807) is 18.2 Å². The Bertz CT molecular complexity index is 494. The van der Waals surface area contributed by atoms with E-state index in [0.29, 0.717) is 21.7 Å². The van der Waals surface area contributed by atoms with E-state index < -0.39 is 0 Å². The van der Waals surface area contributed by atoms with Gasteiger partial charge in [0.1, 0.15) is 0 Å². The molecule has 7 heteroatoms. The number of carbonyl (C=O) groups is 1. The smallest absolute Gasteiger partial charge is 0.232 e. The number of hydrogen-bond acceptors (Lipinski definition) is 3. The predicted octanol–water partition coefficient (Wildman–Crippen LogP) is 3.97. The van der Waals surface area contributed by atoms with E-state index in [2.05, 4.69) is 5.32 Å². The van der Waals surface area contributed by atoms with Gasteiger partial charge in [0.05, 0.1) is 10.8 Å². The topological polar surface area (TPSA) is 32.3 Å². The number of piperidine rings is 1. The van der Waals surface area contributed by atoms with Crippen molar-refractivity contribution in [3.63, 3.8) is 0 Å². The molecule has 3 nitrogen and oxygen atoms in total. The Morgan fingerprint density at radius 2 is 2.05 bits per heavy atom. The molecule has 1 heterocycles. The molecule has 1 aromatic rings. The van der Waals surface area contributed by atoms with Crippen molar-refractivity contribution in [1.29, 1.82) is 0 Å². The van der Waals surface area contributed by atoms with Crippen LogP contribution in [0.2, 0.25) is 10.0 Å². The van der Waals surface area contributed by atoms with Crippen LogP contribution >= 0.6 is 47.4 Å². The van der Waals surface area contributed by atoms with E-state index in [1.165, 1.54) is 11.8 Å². The van der Waals surface area contributed by atoms with Gasteiger partial charge < -0.3 is 10.2 Å². The van der Waals surface area contributed by atoms with Crippen molar-refractivity contribution < 1.29 is 4.79 Å². The van der Waals surface area contributed by atoms with Crippen molar-refractivity contribution in [3.8, 4) is 0 Å². The summed E-state index contributed by atoms with van der Waals surface area (Å²) in [4.78, 5) is 15.1. The third-order valence-electron chi connectivity index (χ3n) is 3.70. The summed E-state index contributed by atoms with van der Waals surface area (Å²) < 4.78 is 0. The van der Waals surface area contributed by atoms with Gasteiger partial charge in [-0.25, -0.2) is 0 Å². The molecular formula is C15H21Cl3N2OS. The lowest BCUT2D eigenvalue weighted by Gasteiger charge is -2.32. The quantitative estimate of drug-likeness (QED) is 0.781. The van der Waals surface area contributed by atoms with Crippen LogP contribution in [0.15, 0.2) is 23.1 Å². The molecule has 0 aliphatic carbocycles. The summed E-state index contributed by atoms with van der Waals surface area (Å²) in [5, 5.41) is 4.49. The molecule has 1 aliphatic heterocycles. The van der Waals surface area contributed by atoms with Gasteiger partial charge >= 0.3 is 0 Å². The molecule has 1 aromatic carbocycles. The first-order valence-electron chi connectivity index (χ1n) is 7.10. The van der Waals surface area contributed by atoms with Crippen LogP contribution in [-0.4, -0.2) is 43.2 Å². The third-order valence-corrected chi connectivity index (χ3v) is 5.42. The zero-order valence-corrected chi connectivity index (χ0v) is 15.6. The standard InChI is InChI=1S/C15H20Cl2N2OS.ClH/c1-18-9-11-4-6-19(7-5-11)15(20)10-21-14-8-12(16)2-3-13(14)17;/h2-3,8,11,18H,4-7,9-10H2,1H3;1H. The molecule has 0 spiro atoms. The SMILES string of the molecule is CNCC1CCN(C(=O)CSc2cc(Cl)ccc2Cl)CC1.Cl. The summed E-state index contributed by atoms with van der Waals surface area (Å²) in [6.45, 7) is 2.75. The Labute approximate surface area is 152 Å². The van der Waals surface area contributed by atoms with Gasteiger partial charge in [0.25, 0.3) is 0 Å². The van der Waals surface area contributed by atoms with Crippen LogP contribution in [0.25, 0.3) is 0 Å². The van der Waals surface area contributed by atoms with E-state index in [4.69, 9.17) is 23.2 Å². The maximum Gasteiger partial charge on any atom is 0.232 e. The summed E-state index contributed by atoms with van der Waals surface area (Å²) in [6, 6.07) is 5.32. The molecular weight excluding hydrogens is 363 g/mol. The van der Waals surface area contributed by atoms with Crippen molar-refractivity contribution in [1.82, 2.24) is 10.2 Å². The number of thioether (sulfide) groups is 1. The van der Waals surface area contributed by atoms with E-state index >= 15 is 0 Å². The van der Waals surface area contributed by atoms with Gasteiger partial charge in [-0.05, 0) is 50.6 Å². The molecule has 1 amide bonds. The number of nitrogens with one attached hydrogen (secondary N) is 1. The molecule has 0 aromatic heterocycles. The number of amides is 1. The maximum absolute atomic E-state index is 12.2. The zero-order valence-electron chi connectivity index (χ0n) is 12.5. The van der Waals surface area contributed by atoms with Crippen molar-refractivity contribution in [2.45, 2.75) is 17.7 Å². The van der Waals surface area contributed by atoms with Crippen molar-refractivity contribution in [2.24, 2.45) is 5.92 Å². The lowest BCUT2D eigenvalue weighted by atomic mass is 9.97. The number of benzene rings is 1. The molecule has 2 rings (SSSR count). The van der Waals surface area contributed by atoms with Crippen LogP contribution in [0.1, 0.15) is 12.8 Å². The summed E-state index contributed by atoms with van der Waals surface area (Å²) >= 11 is 13.5. The summed E-state index contributed by atoms with van der Waals surface area (Å²) in [7, 11) is 1.98. The summed E-state index contributed by atoms with van der Waals surface area (Å²) in [5.41, 5.74) is 0. The Kier molecular flexibility index (Phi) is 8.95.